The van der Waals surface area contributed by atoms with Crippen molar-refractivity contribution in [2.24, 2.45) is 5.92 Å². The van der Waals surface area contributed by atoms with Gasteiger partial charge < -0.3 is 4.74 Å². The summed E-state index contributed by atoms with van der Waals surface area (Å²) in [4.78, 5) is 0. The molecule has 0 bridgehead atoms. The monoisotopic (exact) mass is 239 g/mol. The van der Waals surface area contributed by atoms with E-state index >= 15 is 0 Å². The number of aryl methyl sites for hydroxylation is 1. The average molecular weight is 239 g/mol. The van der Waals surface area contributed by atoms with Crippen molar-refractivity contribution in [2.45, 2.75) is 59.7 Å². The molecule has 1 heterocycles. The first-order valence-corrected chi connectivity index (χ1v) is 6.92. The summed E-state index contributed by atoms with van der Waals surface area (Å²) in [6, 6.07) is 0. The van der Waals surface area contributed by atoms with Crippen molar-refractivity contribution in [1.29, 1.82) is 0 Å². The Morgan fingerprint density at radius 2 is 2.12 bits per heavy atom. The smallest absolute Gasteiger partial charge is 0.245 e. The molecule has 0 aliphatic heterocycles. The molecule has 3 heteroatoms. The van der Waals surface area contributed by atoms with Gasteiger partial charge in [0, 0.05) is 0 Å². The molecule has 0 spiro atoms. The Morgan fingerprint density at radius 3 is 2.71 bits per heavy atom. The fourth-order valence-electron chi connectivity index (χ4n) is 1.93. The number of unbranched alkanes of at least 4 members (excludes halogenated alkanes) is 1. The second kappa shape index (κ2) is 8.29. The van der Waals surface area contributed by atoms with Gasteiger partial charge in [0.2, 0.25) is 6.33 Å². The topological polar surface area (TPSA) is 18.0 Å². The van der Waals surface area contributed by atoms with Gasteiger partial charge in [-0.05, 0) is 19.3 Å². The van der Waals surface area contributed by atoms with Crippen LogP contribution in [0, 0.1) is 5.92 Å². The molecule has 0 fully saturated rings. The van der Waals surface area contributed by atoms with Crippen LogP contribution in [-0.2, 0) is 18.0 Å². The molecule has 98 valence electrons. The van der Waals surface area contributed by atoms with Crippen molar-refractivity contribution in [3.63, 3.8) is 0 Å². The van der Waals surface area contributed by atoms with Crippen molar-refractivity contribution in [2.75, 3.05) is 6.61 Å². The normalized spacial score (nSPS) is 12.9. The SMILES string of the molecule is CCCC[C@H](CC)COC[n+]1ccn(CC)c1. The molecule has 1 aromatic heterocycles. The van der Waals surface area contributed by atoms with E-state index in [9.17, 15) is 0 Å². The molecule has 0 saturated heterocycles. The lowest BCUT2D eigenvalue weighted by Gasteiger charge is -2.13. The van der Waals surface area contributed by atoms with Gasteiger partial charge in [-0.15, -0.1) is 0 Å². The van der Waals surface area contributed by atoms with Gasteiger partial charge in [-0.1, -0.05) is 33.1 Å². The van der Waals surface area contributed by atoms with Gasteiger partial charge in [0.25, 0.3) is 0 Å². The molecule has 0 amide bonds. The third-order valence-electron chi connectivity index (χ3n) is 3.25. The summed E-state index contributed by atoms with van der Waals surface area (Å²) in [5.41, 5.74) is 0. The Bertz CT molecular complexity index is 296. The quantitative estimate of drug-likeness (QED) is 0.606. The molecule has 0 aliphatic rings. The largest absolute Gasteiger partial charge is 0.341 e. The van der Waals surface area contributed by atoms with Crippen molar-refractivity contribution in [1.82, 2.24) is 4.57 Å². The van der Waals surface area contributed by atoms with Gasteiger partial charge in [-0.3, -0.25) is 0 Å². The molecule has 1 aromatic rings. The summed E-state index contributed by atoms with van der Waals surface area (Å²) in [6.07, 6.45) is 11.4. The molecule has 0 unspecified atom stereocenters. The molecule has 0 saturated carbocycles. The van der Waals surface area contributed by atoms with E-state index in [4.69, 9.17) is 4.74 Å². The van der Waals surface area contributed by atoms with E-state index in [0.29, 0.717) is 6.73 Å². The summed E-state index contributed by atoms with van der Waals surface area (Å²) >= 11 is 0. The van der Waals surface area contributed by atoms with E-state index < -0.39 is 0 Å². The zero-order chi connectivity index (χ0) is 12.5. The van der Waals surface area contributed by atoms with E-state index in [2.05, 4.69) is 48.6 Å². The van der Waals surface area contributed by atoms with Crippen LogP contribution in [0.3, 0.4) is 0 Å². The van der Waals surface area contributed by atoms with Crippen LogP contribution in [0.5, 0.6) is 0 Å². The van der Waals surface area contributed by atoms with E-state index in [1.165, 1.54) is 25.7 Å². The molecule has 1 rings (SSSR count). The predicted octanol–water partition coefficient (Wildman–Crippen LogP) is 2.99. The zero-order valence-electron chi connectivity index (χ0n) is 11.6. The second-order valence-corrected chi connectivity index (χ2v) is 4.67. The lowest BCUT2D eigenvalue weighted by atomic mass is 10.0. The van der Waals surface area contributed by atoms with Gasteiger partial charge in [0.15, 0.2) is 6.73 Å². The Morgan fingerprint density at radius 1 is 1.29 bits per heavy atom. The van der Waals surface area contributed by atoms with Crippen LogP contribution < -0.4 is 4.57 Å². The molecule has 17 heavy (non-hydrogen) atoms. The maximum Gasteiger partial charge on any atom is 0.245 e. The summed E-state index contributed by atoms with van der Waals surface area (Å²) in [6.45, 7) is 9.22. The average Bonchev–Trinajstić information content (AvgIpc) is 2.81. The molecular formula is C14H27N2O+. The van der Waals surface area contributed by atoms with Crippen LogP contribution in [-0.4, -0.2) is 11.2 Å². The number of hydrogen-bond donors (Lipinski definition) is 0. The highest BCUT2D eigenvalue weighted by molar-refractivity contribution is 4.64. The molecule has 0 aliphatic carbocycles. The van der Waals surface area contributed by atoms with Crippen LogP contribution in [0.2, 0.25) is 0 Å². The number of ether oxygens (including phenoxy) is 1. The minimum absolute atomic E-state index is 0.676. The van der Waals surface area contributed by atoms with Crippen molar-refractivity contribution in [3.8, 4) is 0 Å². The maximum absolute atomic E-state index is 5.78. The number of nitrogens with zero attached hydrogens (tertiary/aromatic N) is 2. The van der Waals surface area contributed by atoms with Gasteiger partial charge in [0.1, 0.15) is 12.4 Å². The summed E-state index contributed by atoms with van der Waals surface area (Å²) < 4.78 is 10.0. The zero-order valence-corrected chi connectivity index (χ0v) is 11.6. The highest BCUT2D eigenvalue weighted by Gasteiger charge is 2.07. The number of rotatable bonds is 9. The molecular weight excluding hydrogens is 212 g/mol. The minimum Gasteiger partial charge on any atom is -0.341 e. The number of hydrogen-bond acceptors (Lipinski definition) is 1. The third kappa shape index (κ3) is 5.35. The molecule has 3 nitrogen and oxygen atoms in total. The Kier molecular flexibility index (Phi) is 6.94. The minimum atomic E-state index is 0.676. The van der Waals surface area contributed by atoms with Crippen LogP contribution in [0.15, 0.2) is 18.7 Å². The predicted molar refractivity (Wildman–Crippen MR) is 69.6 cm³/mol. The van der Waals surface area contributed by atoms with Crippen molar-refractivity contribution >= 4 is 0 Å². The van der Waals surface area contributed by atoms with Crippen LogP contribution in [0.4, 0.5) is 0 Å². The Hall–Kier alpha value is -0.830. The van der Waals surface area contributed by atoms with Gasteiger partial charge in [0.05, 0.1) is 13.2 Å². The fourth-order valence-corrected chi connectivity index (χ4v) is 1.93. The lowest BCUT2D eigenvalue weighted by molar-refractivity contribution is -0.732. The highest BCUT2D eigenvalue weighted by atomic mass is 16.5. The van der Waals surface area contributed by atoms with Crippen LogP contribution in [0.25, 0.3) is 0 Å². The summed E-state index contributed by atoms with van der Waals surface area (Å²) in [5.74, 6) is 0.726. The standard InChI is InChI=1S/C14H27N2O/c1-4-7-8-14(5-2)11-17-13-16-10-9-15(6-3)12-16/h9-10,12,14H,4-8,11,13H2,1-3H3/q+1/t14-/m0/s1. The van der Waals surface area contributed by atoms with Gasteiger partial charge in [-0.25, -0.2) is 9.13 Å². The van der Waals surface area contributed by atoms with Crippen molar-refractivity contribution in [3.05, 3.63) is 18.7 Å². The lowest BCUT2D eigenvalue weighted by Crippen LogP contribution is -2.33. The van der Waals surface area contributed by atoms with E-state index in [1.807, 2.05) is 0 Å². The van der Waals surface area contributed by atoms with Gasteiger partial charge >= 0.3 is 0 Å². The third-order valence-corrected chi connectivity index (χ3v) is 3.25. The van der Waals surface area contributed by atoms with Gasteiger partial charge in [-0.2, -0.15) is 0 Å². The first-order chi connectivity index (χ1) is 8.30. The Balaban J connectivity index is 2.21. The molecule has 1 atom stereocenters. The van der Waals surface area contributed by atoms with Crippen molar-refractivity contribution < 1.29 is 9.30 Å². The van der Waals surface area contributed by atoms with E-state index in [-0.39, 0.29) is 0 Å². The summed E-state index contributed by atoms with van der Waals surface area (Å²) in [7, 11) is 0. The molecule has 0 N–H and O–H groups in total. The fraction of sp³-hybridized carbons (Fsp3) is 0.786. The van der Waals surface area contributed by atoms with Crippen LogP contribution >= 0.6 is 0 Å². The second-order valence-electron chi connectivity index (χ2n) is 4.67. The maximum atomic E-state index is 5.78. The first-order valence-electron chi connectivity index (χ1n) is 6.92. The highest BCUT2D eigenvalue weighted by Crippen LogP contribution is 2.12. The number of aromatic nitrogens is 2. The number of imidazole rings is 1. The molecule has 0 aromatic carbocycles. The van der Waals surface area contributed by atoms with E-state index in [0.717, 1.165) is 19.1 Å². The first kappa shape index (κ1) is 14.2. The van der Waals surface area contributed by atoms with Crippen LogP contribution in [0.1, 0.15) is 46.5 Å². The van der Waals surface area contributed by atoms with E-state index in [1.54, 1.807) is 0 Å². The molecule has 0 radical (unpaired) electrons. The summed E-state index contributed by atoms with van der Waals surface area (Å²) in [5, 5.41) is 0. The Labute approximate surface area is 105 Å².